The van der Waals surface area contributed by atoms with E-state index < -0.39 is 0 Å². The highest BCUT2D eigenvalue weighted by Gasteiger charge is 2.28. The lowest BCUT2D eigenvalue weighted by atomic mass is 10.0. The van der Waals surface area contributed by atoms with Gasteiger partial charge in [-0.25, -0.2) is 4.68 Å². The maximum absolute atomic E-state index is 11.5. The Morgan fingerprint density at radius 1 is 1.23 bits per heavy atom. The Bertz CT molecular complexity index is 899. The van der Waals surface area contributed by atoms with Gasteiger partial charge in [-0.2, -0.15) is 5.10 Å². The SMILES string of the molecule is O=Cc1c(C2CC2)ccc(-n2nc(Br)c3ccccc32)c1Cl. The van der Waals surface area contributed by atoms with Crippen molar-refractivity contribution in [2.45, 2.75) is 18.8 Å². The fourth-order valence-corrected chi connectivity index (χ4v) is 3.63. The molecular weight excluding hydrogens is 364 g/mol. The van der Waals surface area contributed by atoms with Crippen LogP contribution in [0.25, 0.3) is 16.6 Å². The molecule has 2 aromatic carbocycles. The van der Waals surface area contributed by atoms with Crippen LogP contribution >= 0.6 is 27.5 Å². The fourth-order valence-electron chi connectivity index (χ4n) is 2.84. The molecule has 0 radical (unpaired) electrons. The van der Waals surface area contributed by atoms with E-state index in [1.54, 1.807) is 4.68 Å². The van der Waals surface area contributed by atoms with Gasteiger partial charge in [-0.1, -0.05) is 35.9 Å². The molecule has 3 nitrogen and oxygen atoms in total. The van der Waals surface area contributed by atoms with E-state index in [0.717, 1.165) is 45.9 Å². The quantitative estimate of drug-likeness (QED) is 0.595. The Morgan fingerprint density at radius 3 is 2.73 bits per heavy atom. The second-order valence-electron chi connectivity index (χ2n) is 5.51. The van der Waals surface area contributed by atoms with Gasteiger partial charge in [0.1, 0.15) is 4.60 Å². The summed E-state index contributed by atoms with van der Waals surface area (Å²) < 4.78 is 2.55. The van der Waals surface area contributed by atoms with Gasteiger partial charge in [0.05, 0.1) is 16.2 Å². The van der Waals surface area contributed by atoms with Crippen LogP contribution < -0.4 is 0 Å². The highest BCUT2D eigenvalue weighted by Crippen LogP contribution is 2.44. The van der Waals surface area contributed by atoms with Crippen LogP contribution in [0, 0.1) is 0 Å². The molecule has 1 aliphatic carbocycles. The van der Waals surface area contributed by atoms with Crippen LogP contribution in [0.1, 0.15) is 34.7 Å². The molecule has 0 saturated heterocycles. The summed E-state index contributed by atoms with van der Waals surface area (Å²) >= 11 is 10.0. The summed E-state index contributed by atoms with van der Waals surface area (Å²) in [5, 5.41) is 6.00. The van der Waals surface area contributed by atoms with Crippen molar-refractivity contribution in [1.29, 1.82) is 0 Å². The van der Waals surface area contributed by atoms with E-state index in [0.29, 0.717) is 16.5 Å². The fraction of sp³-hybridized carbons (Fsp3) is 0.176. The second kappa shape index (κ2) is 5.21. The second-order valence-corrected chi connectivity index (χ2v) is 6.64. The molecule has 0 amide bonds. The van der Waals surface area contributed by atoms with E-state index in [1.165, 1.54) is 0 Å². The lowest BCUT2D eigenvalue weighted by molar-refractivity contribution is 0.112. The van der Waals surface area contributed by atoms with E-state index in [2.05, 4.69) is 21.0 Å². The molecule has 0 spiro atoms. The molecule has 0 N–H and O–H groups in total. The third kappa shape index (κ3) is 2.09. The predicted octanol–water partition coefficient (Wildman–Crippen LogP) is 5.13. The third-order valence-corrected chi connectivity index (χ3v) is 5.08. The van der Waals surface area contributed by atoms with Crippen molar-refractivity contribution in [2.24, 2.45) is 0 Å². The number of para-hydroxylation sites is 1. The number of carbonyl (C=O) groups is 1. The summed E-state index contributed by atoms with van der Waals surface area (Å²) in [6.07, 6.45) is 3.12. The summed E-state index contributed by atoms with van der Waals surface area (Å²) in [4.78, 5) is 11.5. The van der Waals surface area contributed by atoms with Crippen molar-refractivity contribution in [1.82, 2.24) is 9.78 Å². The number of carbonyl (C=O) groups excluding carboxylic acids is 1. The number of hydrogen-bond donors (Lipinski definition) is 0. The Morgan fingerprint density at radius 2 is 2.00 bits per heavy atom. The van der Waals surface area contributed by atoms with E-state index in [-0.39, 0.29) is 0 Å². The summed E-state index contributed by atoms with van der Waals surface area (Å²) in [6.45, 7) is 0. The molecule has 5 heteroatoms. The van der Waals surface area contributed by atoms with Crippen molar-refractivity contribution in [3.63, 3.8) is 0 Å². The molecule has 1 fully saturated rings. The first-order chi connectivity index (χ1) is 10.7. The van der Waals surface area contributed by atoms with Gasteiger partial charge in [0.2, 0.25) is 0 Å². The van der Waals surface area contributed by atoms with Crippen LogP contribution in [-0.4, -0.2) is 16.1 Å². The molecule has 22 heavy (non-hydrogen) atoms. The minimum Gasteiger partial charge on any atom is -0.298 e. The topological polar surface area (TPSA) is 34.9 Å². The van der Waals surface area contributed by atoms with Crippen molar-refractivity contribution in [2.75, 3.05) is 0 Å². The minimum absolute atomic E-state index is 0.472. The maximum atomic E-state index is 11.5. The van der Waals surface area contributed by atoms with Crippen LogP contribution in [0.5, 0.6) is 0 Å². The number of benzene rings is 2. The zero-order chi connectivity index (χ0) is 15.3. The largest absolute Gasteiger partial charge is 0.298 e. The van der Waals surface area contributed by atoms with E-state index in [9.17, 15) is 4.79 Å². The average Bonchev–Trinajstić information content (AvgIpc) is 3.32. The highest BCUT2D eigenvalue weighted by atomic mass is 79.9. The molecule has 1 aromatic heterocycles. The zero-order valence-electron chi connectivity index (χ0n) is 11.6. The van der Waals surface area contributed by atoms with Gasteiger partial charge >= 0.3 is 0 Å². The molecule has 1 saturated carbocycles. The van der Waals surface area contributed by atoms with E-state index in [4.69, 9.17) is 11.6 Å². The van der Waals surface area contributed by atoms with Gasteiger partial charge in [-0.05, 0) is 52.4 Å². The molecular formula is C17H12BrClN2O. The molecule has 0 atom stereocenters. The zero-order valence-corrected chi connectivity index (χ0v) is 13.9. The highest BCUT2D eigenvalue weighted by molar-refractivity contribution is 9.10. The van der Waals surface area contributed by atoms with Crippen molar-refractivity contribution < 1.29 is 4.79 Å². The Balaban J connectivity index is 1.97. The third-order valence-electron chi connectivity index (χ3n) is 4.10. The number of rotatable bonds is 3. The molecule has 0 unspecified atom stereocenters. The molecule has 0 aliphatic heterocycles. The maximum Gasteiger partial charge on any atom is 0.151 e. The first-order valence-corrected chi connectivity index (χ1v) is 8.29. The van der Waals surface area contributed by atoms with Gasteiger partial charge in [0, 0.05) is 10.9 Å². The molecule has 3 aromatic rings. The lowest BCUT2D eigenvalue weighted by Gasteiger charge is -2.11. The molecule has 0 bridgehead atoms. The van der Waals surface area contributed by atoms with Crippen molar-refractivity contribution >= 4 is 44.7 Å². The predicted molar refractivity (Wildman–Crippen MR) is 91.1 cm³/mol. The van der Waals surface area contributed by atoms with Crippen molar-refractivity contribution in [3.8, 4) is 5.69 Å². The number of aromatic nitrogens is 2. The van der Waals surface area contributed by atoms with E-state index in [1.807, 2.05) is 36.4 Å². The van der Waals surface area contributed by atoms with Gasteiger partial charge in [-0.15, -0.1) is 0 Å². The Hall–Kier alpha value is -1.65. The molecule has 1 heterocycles. The van der Waals surface area contributed by atoms with Crippen LogP contribution in [0.3, 0.4) is 0 Å². The standard InChI is InChI=1S/C17H12BrClN2O/c18-17-12-3-1-2-4-14(12)21(20-17)15-8-7-11(10-5-6-10)13(9-22)16(15)19/h1-4,7-10H,5-6H2. The molecule has 110 valence electrons. The first kappa shape index (κ1) is 14.0. The van der Waals surface area contributed by atoms with E-state index >= 15 is 0 Å². The number of nitrogens with zero attached hydrogens (tertiary/aromatic N) is 2. The van der Waals surface area contributed by atoms with Crippen LogP contribution in [0.4, 0.5) is 0 Å². The summed E-state index contributed by atoms with van der Waals surface area (Å²) in [6, 6.07) is 11.9. The number of aldehydes is 1. The smallest absolute Gasteiger partial charge is 0.151 e. The Labute approximate surface area is 141 Å². The van der Waals surface area contributed by atoms with Crippen LogP contribution in [0.15, 0.2) is 41.0 Å². The normalized spacial score (nSPS) is 14.5. The summed E-state index contributed by atoms with van der Waals surface area (Å²) in [5.41, 5.74) is 3.33. The number of hydrogen-bond acceptors (Lipinski definition) is 2. The first-order valence-electron chi connectivity index (χ1n) is 7.12. The number of fused-ring (bicyclic) bond motifs is 1. The van der Waals surface area contributed by atoms with Gasteiger partial charge in [0.15, 0.2) is 6.29 Å². The minimum atomic E-state index is 0.472. The molecule has 1 aliphatic rings. The van der Waals surface area contributed by atoms with Crippen molar-refractivity contribution in [3.05, 3.63) is 57.2 Å². The van der Waals surface area contributed by atoms with Crippen LogP contribution in [0.2, 0.25) is 5.02 Å². The monoisotopic (exact) mass is 374 g/mol. The summed E-state index contributed by atoms with van der Waals surface area (Å²) in [7, 11) is 0. The van der Waals surface area contributed by atoms with Gasteiger partial charge in [-0.3, -0.25) is 4.79 Å². The molecule has 4 rings (SSSR count). The van der Waals surface area contributed by atoms with Crippen LogP contribution in [-0.2, 0) is 0 Å². The summed E-state index contributed by atoms with van der Waals surface area (Å²) in [5.74, 6) is 0.479. The average molecular weight is 376 g/mol. The van der Waals surface area contributed by atoms with Gasteiger partial charge < -0.3 is 0 Å². The number of halogens is 2. The Kier molecular flexibility index (Phi) is 3.31. The lowest BCUT2D eigenvalue weighted by Crippen LogP contribution is -2.02. The van der Waals surface area contributed by atoms with Gasteiger partial charge in [0.25, 0.3) is 0 Å².